The maximum atomic E-state index is 5.81. The number of benzene rings is 3. The van der Waals surface area contributed by atoms with Crippen molar-refractivity contribution in [1.82, 2.24) is 0 Å². The molecule has 0 amide bonds. The van der Waals surface area contributed by atoms with Gasteiger partial charge in [-0.1, -0.05) is 41.9 Å². The molecule has 3 heteroatoms. The van der Waals surface area contributed by atoms with E-state index in [2.05, 4.69) is 0 Å². The third-order valence-corrected chi connectivity index (χ3v) is 3.39. The van der Waals surface area contributed by atoms with Gasteiger partial charge >= 0.3 is 0 Å². The predicted octanol–water partition coefficient (Wildman–Crippen LogP) is 3.95. The minimum atomic E-state index is 0.767. The molecule has 0 unspecified atom stereocenters. The molecular weight excluding hydrogens is 271 g/mol. The Kier molecular flexibility index (Phi) is 4.15. The molecule has 2 nitrogen and oxygen atoms in total. The first-order valence-electron chi connectivity index (χ1n) is 7.02. The summed E-state index contributed by atoms with van der Waals surface area (Å²) in [4.78, 5) is 0. The van der Waals surface area contributed by atoms with Gasteiger partial charge in [0.1, 0.15) is 25.1 Å². The average Bonchev–Trinajstić information content (AvgIpc) is 2.57. The Bertz CT molecular complexity index is 732. The molecule has 2 radical (unpaired) electrons. The first-order chi connectivity index (χ1) is 10.7. The summed E-state index contributed by atoms with van der Waals surface area (Å²) in [6.07, 6.45) is 0. The zero-order valence-corrected chi connectivity index (χ0v) is 12.3. The highest BCUT2D eigenvalue weighted by Gasteiger charge is 2.00. The van der Waals surface area contributed by atoms with Crippen molar-refractivity contribution in [3.8, 4) is 28.4 Å². The molecule has 3 aromatic rings. The lowest BCUT2D eigenvalue weighted by Crippen LogP contribution is -1.99. The maximum absolute atomic E-state index is 5.81. The fourth-order valence-electron chi connectivity index (χ4n) is 2.17. The number of ether oxygens (including phenoxy) is 2. The molecule has 0 aliphatic rings. The lowest BCUT2D eigenvalue weighted by Gasteiger charge is -2.08. The molecule has 0 heterocycles. The van der Waals surface area contributed by atoms with E-state index in [9.17, 15) is 0 Å². The summed E-state index contributed by atoms with van der Waals surface area (Å²) in [5, 5.41) is 0. The van der Waals surface area contributed by atoms with E-state index < -0.39 is 0 Å². The Morgan fingerprint density at radius 1 is 0.591 bits per heavy atom. The molecule has 0 N–H and O–H groups in total. The molecular formula is C19H15BO2. The van der Waals surface area contributed by atoms with Crippen molar-refractivity contribution < 1.29 is 9.47 Å². The highest BCUT2D eigenvalue weighted by molar-refractivity contribution is 6.32. The standard InChI is InChI=1S/C19H15BO2/c1-21-17-10-12-19(13-11-17)22-18-8-4-15(5-9-18)14-2-6-16(20)7-3-14/h2-13H,1H3. The molecule has 0 saturated heterocycles. The highest BCUT2D eigenvalue weighted by Crippen LogP contribution is 2.26. The lowest BCUT2D eigenvalue weighted by molar-refractivity contribution is 0.413. The SMILES string of the molecule is [B]c1ccc(-c2ccc(Oc3ccc(OC)cc3)cc2)cc1. The maximum Gasteiger partial charge on any atom is 0.127 e. The summed E-state index contributed by atoms with van der Waals surface area (Å²) in [5.74, 6) is 2.39. The van der Waals surface area contributed by atoms with Crippen LogP contribution in [0.4, 0.5) is 0 Å². The summed E-state index contributed by atoms with van der Waals surface area (Å²) < 4.78 is 10.9. The van der Waals surface area contributed by atoms with Gasteiger partial charge in [0.25, 0.3) is 0 Å². The molecule has 3 rings (SSSR count). The van der Waals surface area contributed by atoms with Gasteiger partial charge in [-0.3, -0.25) is 0 Å². The van der Waals surface area contributed by atoms with Crippen LogP contribution in [0.25, 0.3) is 11.1 Å². The van der Waals surface area contributed by atoms with E-state index in [0.717, 1.165) is 33.8 Å². The molecule has 0 fully saturated rings. The molecule has 0 aromatic heterocycles. The van der Waals surface area contributed by atoms with Gasteiger partial charge in [-0.2, -0.15) is 0 Å². The molecule has 22 heavy (non-hydrogen) atoms. The lowest BCUT2D eigenvalue weighted by atomic mass is 9.94. The monoisotopic (exact) mass is 286 g/mol. The van der Waals surface area contributed by atoms with Crippen molar-refractivity contribution in [3.05, 3.63) is 72.8 Å². The van der Waals surface area contributed by atoms with Crippen molar-refractivity contribution in [3.63, 3.8) is 0 Å². The molecule has 3 aromatic carbocycles. The van der Waals surface area contributed by atoms with Crippen LogP contribution in [0.1, 0.15) is 0 Å². The fourth-order valence-corrected chi connectivity index (χ4v) is 2.17. The Hall–Kier alpha value is -2.68. The van der Waals surface area contributed by atoms with Crippen molar-refractivity contribution >= 4 is 13.3 Å². The van der Waals surface area contributed by atoms with Crippen molar-refractivity contribution in [2.24, 2.45) is 0 Å². The van der Waals surface area contributed by atoms with Gasteiger partial charge in [0.2, 0.25) is 0 Å². The van der Waals surface area contributed by atoms with Crippen molar-refractivity contribution in [2.45, 2.75) is 0 Å². The van der Waals surface area contributed by atoms with Crippen LogP contribution in [0, 0.1) is 0 Å². The third kappa shape index (κ3) is 3.31. The van der Waals surface area contributed by atoms with Crippen LogP contribution in [0.2, 0.25) is 0 Å². The molecule has 0 atom stereocenters. The topological polar surface area (TPSA) is 18.5 Å². The smallest absolute Gasteiger partial charge is 0.127 e. The molecule has 0 spiro atoms. The second kappa shape index (κ2) is 6.40. The van der Waals surface area contributed by atoms with E-state index in [-0.39, 0.29) is 0 Å². The van der Waals surface area contributed by atoms with E-state index in [1.165, 1.54) is 0 Å². The summed E-state index contributed by atoms with van der Waals surface area (Å²) in [6, 6.07) is 23.3. The molecule has 0 bridgehead atoms. The normalized spacial score (nSPS) is 10.2. The van der Waals surface area contributed by atoms with E-state index in [4.69, 9.17) is 17.3 Å². The largest absolute Gasteiger partial charge is 0.497 e. The van der Waals surface area contributed by atoms with Gasteiger partial charge in [0, 0.05) is 0 Å². The fraction of sp³-hybridized carbons (Fsp3) is 0.0526. The molecule has 0 aliphatic carbocycles. The molecule has 0 aliphatic heterocycles. The number of hydrogen-bond acceptors (Lipinski definition) is 2. The van der Waals surface area contributed by atoms with E-state index in [0.29, 0.717) is 0 Å². The number of methoxy groups -OCH3 is 1. The van der Waals surface area contributed by atoms with E-state index in [1.54, 1.807) is 7.11 Å². The van der Waals surface area contributed by atoms with E-state index in [1.807, 2.05) is 72.8 Å². The first kappa shape index (κ1) is 14.3. The van der Waals surface area contributed by atoms with Gasteiger partial charge in [-0.05, 0) is 47.5 Å². The van der Waals surface area contributed by atoms with Crippen LogP contribution < -0.4 is 14.9 Å². The summed E-state index contributed by atoms with van der Waals surface area (Å²) in [7, 11) is 7.35. The van der Waals surface area contributed by atoms with Crippen molar-refractivity contribution in [1.29, 1.82) is 0 Å². The quantitative estimate of drug-likeness (QED) is 0.676. The number of hydrogen-bond donors (Lipinski definition) is 0. The zero-order chi connectivity index (χ0) is 15.4. The first-order valence-corrected chi connectivity index (χ1v) is 7.02. The summed E-state index contributed by atoms with van der Waals surface area (Å²) >= 11 is 0. The second-order valence-electron chi connectivity index (χ2n) is 4.92. The van der Waals surface area contributed by atoms with Gasteiger partial charge in [-0.15, -0.1) is 0 Å². The molecule has 0 saturated carbocycles. The Balaban J connectivity index is 1.74. The minimum absolute atomic E-state index is 0.767. The van der Waals surface area contributed by atoms with Crippen LogP contribution in [-0.2, 0) is 0 Å². The van der Waals surface area contributed by atoms with Crippen LogP contribution in [0.3, 0.4) is 0 Å². The molecule has 106 valence electrons. The Morgan fingerprint density at radius 3 is 1.50 bits per heavy atom. The van der Waals surface area contributed by atoms with Crippen LogP contribution in [0.15, 0.2) is 72.8 Å². The number of rotatable bonds is 4. The highest BCUT2D eigenvalue weighted by atomic mass is 16.5. The Morgan fingerprint density at radius 2 is 1.00 bits per heavy atom. The van der Waals surface area contributed by atoms with Crippen LogP contribution in [-0.4, -0.2) is 15.0 Å². The van der Waals surface area contributed by atoms with Gasteiger partial charge in [0.15, 0.2) is 0 Å². The Labute approximate surface area is 131 Å². The second-order valence-corrected chi connectivity index (χ2v) is 4.92. The van der Waals surface area contributed by atoms with Crippen LogP contribution >= 0.6 is 0 Å². The van der Waals surface area contributed by atoms with Gasteiger partial charge < -0.3 is 9.47 Å². The minimum Gasteiger partial charge on any atom is -0.497 e. The summed E-state index contributed by atoms with van der Waals surface area (Å²) in [6.45, 7) is 0. The van der Waals surface area contributed by atoms with Crippen molar-refractivity contribution in [2.75, 3.05) is 7.11 Å². The zero-order valence-electron chi connectivity index (χ0n) is 12.3. The summed E-state index contributed by atoms with van der Waals surface area (Å²) in [5.41, 5.74) is 3.02. The average molecular weight is 286 g/mol. The van der Waals surface area contributed by atoms with Gasteiger partial charge in [-0.25, -0.2) is 0 Å². The van der Waals surface area contributed by atoms with Gasteiger partial charge in [0.05, 0.1) is 7.11 Å². The third-order valence-electron chi connectivity index (χ3n) is 3.39. The van der Waals surface area contributed by atoms with Crippen LogP contribution in [0.5, 0.6) is 17.2 Å². The predicted molar refractivity (Wildman–Crippen MR) is 90.3 cm³/mol. The van der Waals surface area contributed by atoms with E-state index >= 15 is 0 Å².